The Hall–Kier alpha value is -2.45. The van der Waals surface area contributed by atoms with E-state index in [9.17, 15) is 9.59 Å². The van der Waals surface area contributed by atoms with E-state index in [1.165, 1.54) is 29.4 Å². The van der Waals surface area contributed by atoms with E-state index in [1.54, 1.807) is 6.92 Å². The number of amides is 1. The summed E-state index contributed by atoms with van der Waals surface area (Å²) in [6, 6.07) is 11.8. The van der Waals surface area contributed by atoms with E-state index in [0.29, 0.717) is 6.54 Å². The molecular formula is C19H19N3O3S2. The number of carbonyl (C=O) groups is 2. The van der Waals surface area contributed by atoms with Gasteiger partial charge in [0, 0.05) is 11.9 Å². The van der Waals surface area contributed by atoms with Gasteiger partial charge in [-0.1, -0.05) is 42.1 Å². The number of nitrogens with one attached hydrogen (secondary N) is 1. The van der Waals surface area contributed by atoms with Gasteiger partial charge in [-0.25, -0.2) is 9.97 Å². The molecule has 1 aromatic carbocycles. The summed E-state index contributed by atoms with van der Waals surface area (Å²) < 4.78 is 5.22. The number of thioether (sulfide) groups is 1. The van der Waals surface area contributed by atoms with E-state index >= 15 is 0 Å². The van der Waals surface area contributed by atoms with Crippen molar-refractivity contribution >= 4 is 45.2 Å². The normalized spacial score (nSPS) is 11.9. The van der Waals surface area contributed by atoms with Crippen molar-refractivity contribution in [3.8, 4) is 0 Å². The van der Waals surface area contributed by atoms with Crippen molar-refractivity contribution in [2.75, 3.05) is 12.3 Å². The minimum absolute atomic E-state index is 0.0869. The van der Waals surface area contributed by atoms with Gasteiger partial charge < -0.3 is 10.1 Å². The first kappa shape index (κ1) is 19.3. The highest BCUT2D eigenvalue weighted by molar-refractivity contribution is 8.00. The predicted molar refractivity (Wildman–Crippen MR) is 107 cm³/mol. The fraction of sp³-hybridized carbons (Fsp3) is 0.263. The molecule has 0 saturated carbocycles. The van der Waals surface area contributed by atoms with Crippen molar-refractivity contribution in [3.05, 3.63) is 53.7 Å². The van der Waals surface area contributed by atoms with Gasteiger partial charge in [0.1, 0.15) is 16.2 Å². The molecule has 3 rings (SSSR count). The second-order valence-electron chi connectivity index (χ2n) is 5.77. The third-order valence-electron chi connectivity index (χ3n) is 3.79. The standard InChI is InChI=1S/C19H19N3O3S2/c1-13(17(24)20-9-7-14-5-3-2-4-6-14)25-16(23)11-27-19-15-8-10-26-18(15)21-12-22-19/h2-6,8,10,12-13H,7,9,11H2,1H3,(H,20,24)/t13-/m0/s1. The van der Waals surface area contributed by atoms with Crippen molar-refractivity contribution < 1.29 is 14.3 Å². The zero-order valence-electron chi connectivity index (χ0n) is 14.8. The number of ether oxygens (including phenoxy) is 1. The Kier molecular flexibility index (Phi) is 6.78. The Morgan fingerprint density at radius 3 is 2.85 bits per heavy atom. The van der Waals surface area contributed by atoms with Crippen molar-refractivity contribution in [3.63, 3.8) is 0 Å². The van der Waals surface area contributed by atoms with Crippen molar-refractivity contribution in [1.82, 2.24) is 15.3 Å². The number of carbonyl (C=O) groups excluding carboxylic acids is 2. The van der Waals surface area contributed by atoms with E-state index in [0.717, 1.165) is 27.2 Å². The SMILES string of the molecule is C[C@H](OC(=O)CSc1ncnc2sccc12)C(=O)NCCc1ccccc1. The smallest absolute Gasteiger partial charge is 0.317 e. The second kappa shape index (κ2) is 9.48. The number of hydrogen-bond acceptors (Lipinski definition) is 7. The third-order valence-corrected chi connectivity index (χ3v) is 5.58. The topological polar surface area (TPSA) is 81.2 Å². The third kappa shape index (κ3) is 5.51. The average Bonchev–Trinajstić information content (AvgIpc) is 3.16. The molecule has 0 fully saturated rings. The van der Waals surface area contributed by atoms with Gasteiger partial charge in [-0.3, -0.25) is 9.59 Å². The van der Waals surface area contributed by atoms with Crippen molar-refractivity contribution in [1.29, 1.82) is 0 Å². The van der Waals surface area contributed by atoms with Gasteiger partial charge in [0.25, 0.3) is 5.91 Å². The van der Waals surface area contributed by atoms with Gasteiger partial charge in [0.05, 0.1) is 5.75 Å². The van der Waals surface area contributed by atoms with Crippen LogP contribution in [0.5, 0.6) is 0 Å². The second-order valence-corrected chi connectivity index (χ2v) is 7.62. The van der Waals surface area contributed by atoms with Crippen LogP contribution in [0.4, 0.5) is 0 Å². The minimum atomic E-state index is -0.833. The lowest BCUT2D eigenvalue weighted by Gasteiger charge is -2.13. The summed E-state index contributed by atoms with van der Waals surface area (Å²) in [5, 5.41) is 6.38. The first-order valence-corrected chi connectivity index (χ1v) is 10.3. The maximum Gasteiger partial charge on any atom is 0.317 e. The molecule has 1 atom stereocenters. The number of nitrogens with zero attached hydrogens (tertiary/aromatic N) is 2. The molecule has 0 unspecified atom stereocenters. The number of hydrogen-bond donors (Lipinski definition) is 1. The van der Waals surface area contributed by atoms with Crippen LogP contribution in [-0.4, -0.2) is 40.2 Å². The molecule has 0 radical (unpaired) electrons. The number of rotatable bonds is 8. The summed E-state index contributed by atoms with van der Waals surface area (Å²) in [5.74, 6) is -0.664. The summed E-state index contributed by atoms with van der Waals surface area (Å²) in [7, 11) is 0. The number of thiophene rings is 1. The molecule has 0 aliphatic carbocycles. The number of aromatic nitrogens is 2. The molecular weight excluding hydrogens is 382 g/mol. The monoisotopic (exact) mass is 401 g/mol. The zero-order valence-corrected chi connectivity index (χ0v) is 16.4. The average molecular weight is 402 g/mol. The van der Waals surface area contributed by atoms with Crippen LogP contribution in [-0.2, 0) is 20.7 Å². The fourth-order valence-corrected chi connectivity index (χ4v) is 3.97. The highest BCUT2D eigenvalue weighted by atomic mass is 32.2. The molecule has 0 aliphatic heterocycles. The lowest BCUT2D eigenvalue weighted by molar-refractivity contribution is -0.152. The maximum absolute atomic E-state index is 12.1. The Labute approximate surface area is 165 Å². The van der Waals surface area contributed by atoms with Crippen LogP contribution >= 0.6 is 23.1 Å². The Morgan fingerprint density at radius 2 is 2.04 bits per heavy atom. The minimum Gasteiger partial charge on any atom is -0.452 e. The highest BCUT2D eigenvalue weighted by Gasteiger charge is 2.18. The number of esters is 1. The van der Waals surface area contributed by atoms with Crippen LogP contribution in [0.3, 0.4) is 0 Å². The van der Waals surface area contributed by atoms with Crippen LogP contribution in [0.2, 0.25) is 0 Å². The zero-order chi connectivity index (χ0) is 19.1. The van der Waals surface area contributed by atoms with Gasteiger partial charge >= 0.3 is 5.97 Å². The quantitative estimate of drug-likeness (QED) is 0.355. The molecule has 1 N–H and O–H groups in total. The van der Waals surface area contributed by atoms with Gasteiger partial charge in [-0.15, -0.1) is 11.3 Å². The molecule has 2 heterocycles. The molecule has 2 aromatic heterocycles. The summed E-state index contributed by atoms with van der Waals surface area (Å²) in [6.45, 7) is 2.07. The lowest BCUT2D eigenvalue weighted by Crippen LogP contribution is -2.37. The highest BCUT2D eigenvalue weighted by Crippen LogP contribution is 2.27. The van der Waals surface area contributed by atoms with Gasteiger partial charge in [0.2, 0.25) is 0 Å². The fourth-order valence-electron chi connectivity index (χ4n) is 2.41. The molecule has 0 saturated heterocycles. The summed E-state index contributed by atoms with van der Waals surface area (Å²) >= 11 is 2.80. The van der Waals surface area contributed by atoms with Gasteiger partial charge in [-0.05, 0) is 30.4 Å². The molecule has 1 amide bonds. The van der Waals surface area contributed by atoms with Crippen molar-refractivity contribution in [2.24, 2.45) is 0 Å². The molecule has 6 nitrogen and oxygen atoms in total. The lowest BCUT2D eigenvalue weighted by atomic mass is 10.1. The van der Waals surface area contributed by atoms with Crippen LogP contribution in [0.15, 0.2) is 53.1 Å². The van der Waals surface area contributed by atoms with Crippen LogP contribution in [0.1, 0.15) is 12.5 Å². The van der Waals surface area contributed by atoms with E-state index in [4.69, 9.17) is 4.74 Å². The molecule has 0 spiro atoms. The first-order chi connectivity index (χ1) is 13.1. The number of benzene rings is 1. The Morgan fingerprint density at radius 1 is 1.22 bits per heavy atom. The molecule has 0 aliphatic rings. The van der Waals surface area contributed by atoms with E-state index in [-0.39, 0.29) is 11.7 Å². The van der Waals surface area contributed by atoms with Crippen LogP contribution < -0.4 is 5.32 Å². The molecule has 3 aromatic rings. The summed E-state index contributed by atoms with van der Waals surface area (Å²) in [6.07, 6.45) is 1.38. The van der Waals surface area contributed by atoms with Crippen LogP contribution in [0.25, 0.3) is 10.2 Å². The Balaban J connectivity index is 1.41. The maximum atomic E-state index is 12.1. The summed E-state index contributed by atoms with van der Waals surface area (Å²) in [4.78, 5) is 33.4. The van der Waals surface area contributed by atoms with E-state index < -0.39 is 12.1 Å². The van der Waals surface area contributed by atoms with E-state index in [2.05, 4.69) is 15.3 Å². The van der Waals surface area contributed by atoms with E-state index in [1.807, 2.05) is 41.8 Å². The largest absolute Gasteiger partial charge is 0.452 e. The van der Waals surface area contributed by atoms with Gasteiger partial charge in [0.15, 0.2) is 6.10 Å². The Bertz CT molecular complexity index is 915. The molecule has 140 valence electrons. The van der Waals surface area contributed by atoms with Crippen molar-refractivity contribution in [2.45, 2.75) is 24.5 Å². The molecule has 8 heteroatoms. The predicted octanol–water partition coefficient (Wildman–Crippen LogP) is 3.07. The molecule has 0 bridgehead atoms. The van der Waals surface area contributed by atoms with Gasteiger partial charge in [-0.2, -0.15) is 0 Å². The van der Waals surface area contributed by atoms with Crippen LogP contribution in [0, 0.1) is 0 Å². The number of fused-ring (bicyclic) bond motifs is 1. The summed E-state index contributed by atoms with van der Waals surface area (Å²) in [5.41, 5.74) is 1.14. The molecule has 27 heavy (non-hydrogen) atoms. The first-order valence-electron chi connectivity index (χ1n) is 8.45.